The van der Waals surface area contributed by atoms with Crippen molar-refractivity contribution in [3.05, 3.63) is 70.9 Å². The molecule has 6 nitrogen and oxygen atoms in total. The molecule has 3 aromatic rings. The van der Waals surface area contributed by atoms with E-state index in [1.54, 1.807) is 6.08 Å². The standard InChI is InChI=1S/C24H25N3O3/c1-3-4-20-19(14-26-24(29)30)23(17-9-5-15(2)6-10-17)18-13-16(8-12-22(25)28)7-11-21(18)27-20/h5-13,26H,3-4,14H2,1-2H3,(H2,25,28)(H,29,30). The lowest BCUT2D eigenvalue weighted by Crippen LogP contribution is -2.22. The maximum atomic E-state index is 11.2. The summed E-state index contributed by atoms with van der Waals surface area (Å²) in [6.45, 7) is 4.26. The van der Waals surface area contributed by atoms with Gasteiger partial charge in [-0.15, -0.1) is 0 Å². The number of pyridine rings is 1. The fourth-order valence-corrected chi connectivity index (χ4v) is 3.50. The molecular formula is C24H25N3O3. The van der Waals surface area contributed by atoms with Gasteiger partial charge >= 0.3 is 6.09 Å². The Kier molecular flexibility index (Phi) is 6.47. The van der Waals surface area contributed by atoms with Gasteiger partial charge in [0.2, 0.25) is 5.91 Å². The van der Waals surface area contributed by atoms with E-state index in [2.05, 4.69) is 12.2 Å². The first-order valence-corrected chi connectivity index (χ1v) is 9.86. The molecule has 6 heteroatoms. The highest BCUT2D eigenvalue weighted by Crippen LogP contribution is 2.34. The molecule has 154 valence electrons. The predicted octanol–water partition coefficient (Wildman–Crippen LogP) is 4.43. The highest BCUT2D eigenvalue weighted by atomic mass is 16.4. The number of carboxylic acid groups (broad SMARTS) is 1. The van der Waals surface area contributed by atoms with Crippen LogP contribution in [-0.4, -0.2) is 22.1 Å². The van der Waals surface area contributed by atoms with Crippen LogP contribution in [0.15, 0.2) is 48.5 Å². The first kappa shape index (κ1) is 21.0. The molecule has 0 aliphatic heterocycles. The van der Waals surface area contributed by atoms with Crippen LogP contribution in [0.25, 0.3) is 28.1 Å². The van der Waals surface area contributed by atoms with E-state index >= 15 is 0 Å². The fourth-order valence-electron chi connectivity index (χ4n) is 3.50. The third-order valence-corrected chi connectivity index (χ3v) is 4.88. The molecule has 0 atom stereocenters. The molecule has 1 heterocycles. The van der Waals surface area contributed by atoms with E-state index in [1.165, 1.54) is 6.08 Å². The normalized spacial score (nSPS) is 11.1. The summed E-state index contributed by atoms with van der Waals surface area (Å²) in [6, 6.07) is 13.9. The maximum absolute atomic E-state index is 11.2. The molecule has 0 fully saturated rings. The second-order valence-electron chi connectivity index (χ2n) is 7.20. The molecule has 30 heavy (non-hydrogen) atoms. The number of benzene rings is 2. The molecule has 2 amide bonds. The SMILES string of the molecule is CCCc1nc2ccc(C=CC(N)=O)cc2c(-c2ccc(C)cc2)c1CNC(=O)O. The minimum atomic E-state index is -1.08. The van der Waals surface area contributed by atoms with E-state index in [0.29, 0.717) is 0 Å². The molecule has 0 saturated carbocycles. The van der Waals surface area contributed by atoms with Gasteiger partial charge in [-0.25, -0.2) is 4.79 Å². The lowest BCUT2D eigenvalue weighted by Gasteiger charge is -2.18. The Morgan fingerprint density at radius 1 is 1.17 bits per heavy atom. The third-order valence-electron chi connectivity index (χ3n) is 4.88. The number of nitrogens with one attached hydrogen (secondary N) is 1. The second kappa shape index (κ2) is 9.22. The monoisotopic (exact) mass is 403 g/mol. The Balaban J connectivity index is 2.32. The number of aryl methyl sites for hydroxylation is 2. The van der Waals surface area contributed by atoms with Gasteiger partial charge in [0.25, 0.3) is 0 Å². The summed E-state index contributed by atoms with van der Waals surface area (Å²) in [6.07, 6.45) is 3.54. The number of nitrogens with two attached hydrogens (primary N) is 1. The quantitative estimate of drug-likeness (QED) is 0.508. The summed E-state index contributed by atoms with van der Waals surface area (Å²) in [5, 5.41) is 12.6. The van der Waals surface area contributed by atoms with Gasteiger partial charge in [-0.3, -0.25) is 9.78 Å². The van der Waals surface area contributed by atoms with Gasteiger partial charge in [-0.2, -0.15) is 0 Å². The van der Waals surface area contributed by atoms with Crippen molar-refractivity contribution in [2.45, 2.75) is 33.2 Å². The molecule has 4 N–H and O–H groups in total. The van der Waals surface area contributed by atoms with Gasteiger partial charge in [0.1, 0.15) is 0 Å². The number of carbonyl (C=O) groups is 2. The molecule has 0 aliphatic rings. The number of fused-ring (bicyclic) bond motifs is 1. The van der Waals surface area contributed by atoms with Crippen LogP contribution in [0.1, 0.15) is 35.7 Å². The summed E-state index contributed by atoms with van der Waals surface area (Å²) >= 11 is 0. The molecule has 0 aliphatic carbocycles. The number of aromatic nitrogens is 1. The minimum absolute atomic E-state index is 0.165. The van der Waals surface area contributed by atoms with Gasteiger partial charge in [0.05, 0.1) is 5.52 Å². The van der Waals surface area contributed by atoms with Crippen molar-refractivity contribution in [2.75, 3.05) is 0 Å². The van der Waals surface area contributed by atoms with Gasteiger partial charge in [-0.1, -0.05) is 49.2 Å². The molecule has 0 bridgehead atoms. The topological polar surface area (TPSA) is 105 Å². The summed E-state index contributed by atoms with van der Waals surface area (Å²) < 4.78 is 0. The number of amides is 2. The molecule has 1 aromatic heterocycles. The Labute approximate surface area is 175 Å². The largest absolute Gasteiger partial charge is 0.465 e. The van der Waals surface area contributed by atoms with Gasteiger partial charge in [0.15, 0.2) is 0 Å². The van der Waals surface area contributed by atoms with Crippen LogP contribution in [0.3, 0.4) is 0 Å². The van der Waals surface area contributed by atoms with Crippen LogP contribution in [0.2, 0.25) is 0 Å². The lowest BCUT2D eigenvalue weighted by atomic mass is 9.91. The minimum Gasteiger partial charge on any atom is -0.465 e. The van der Waals surface area contributed by atoms with Crippen molar-refractivity contribution in [1.82, 2.24) is 10.3 Å². The molecule has 3 rings (SSSR count). The zero-order chi connectivity index (χ0) is 21.7. The van der Waals surface area contributed by atoms with E-state index in [0.717, 1.165) is 57.3 Å². The summed E-state index contributed by atoms with van der Waals surface area (Å²) in [5.41, 5.74) is 11.7. The Bertz CT molecular complexity index is 1120. The lowest BCUT2D eigenvalue weighted by molar-refractivity contribution is -0.113. The van der Waals surface area contributed by atoms with Crippen molar-refractivity contribution in [1.29, 1.82) is 0 Å². The zero-order valence-corrected chi connectivity index (χ0v) is 17.1. The number of hydrogen-bond donors (Lipinski definition) is 3. The third kappa shape index (κ3) is 4.84. The average molecular weight is 403 g/mol. The number of primary amides is 1. The average Bonchev–Trinajstić information content (AvgIpc) is 2.71. The predicted molar refractivity (Wildman–Crippen MR) is 119 cm³/mol. The first-order chi connectivity index (χ1) is 14.4. The Hall–Kier alpha value is -3.67. The van der Waals surface area contributed by atoms with Crippen LogP contribution in [0.4, 0.5) is 4.79 Å². The molecule has 0 unspecified atom stereocenters. The molecule has 2 aromatic carbocycles. The van der Waals surface area contributed by atoms with E-state index in [-0.39, 0.29) is 6.54 Å². The van der Waals surface area contributed by atoms with Crippen LogP contribution in [0.5, 0.6) is 0 Å². The van der Waals surface area contributed by atoms with Gasteiger partial charge in [-0.05, 0) is 48.2 Å². The fraction of sp³-hybridized carbons (Fsp3) is 0.208. The van der Waals surface area contributed by atoms with Crippen molar-refractivity contribution < 1.29 is 14.7 Å². The summed E-state index contributed by atoms with van der Waals surface area (Å²) in [7, 11) is 0. The van der Waals surface area contributed by atoms with Crippen molar-refractivity contribution in [2.24, 2.45) is 5.73 Å². The van der Waals surface area contributed by atoms with Gasteiger partial charge in [0, 0.05) is 29.3 Å². The number of hydrogen-bond acceptors (Lipinski definition) is 3. The maximum Gasteiger partial charge on any atom is 0.404 e. The van der Waals surface area contributed by atoms with Crippen LogP contribution < -0.4 is 11.1 Å². The zero-order valence-electron chi connectivity index (χ0n) is 17.1. The van der Waals surface area contributed by atoms with Crippen LogP contribution in [-0.2, 0) is 17.8 Å². The second-order valence-corrected chi connectivity index (χ2v) is 7.20. The highest BCUT2D eigenvalue weighted by Gasteiger charge is 2.17. The molecule has 0 spiro atoms. The molecular weight excluding hydrogens is 378 g/mol. The first-order valence-electron chi connectivity index (χ1n) is 9.86. The van der Waals surface area contributed by atoms with Gasteiger partial charge < -0.3 is 16.2 Å². The smallest absolute Gasteiger partial charge is 0.404 e. The van der Waals surface area contributed by atoms with E-state index < -0.39 is 12.0 Å². The Morgan fingerprint density at radius 2 is 1.90 bits per heavy atom. The van der Waals surface area contributed by atoms with Crippen LogP contribution in [0, 0.1) is 6.92 Å². The number of carbonyl (C=O) groups excluding carboxylic acids is 1. The van der Waals surface area contributed by atoms with E-state index in [9.17, 15) is 14.7 Å². The highest BCUT2D eigenvalue weighted by molar-refractivity contribution is 5.98. The van der Waals surface area contributed by atoms with E-state index in [4.69, 9.17) is 10.7 Å². The molecule has 0 saturated heterocycles. The molecule has 0 radical (unpaired) electrons. The number of rotatable bonds is 7. The Morgan fingerprint density at radius 3 is 2.53 bits per heavy atom. The van der Waals surface area contributed by atoms with E-state index in [1.807, 2.05) is 49.4 Å². The summed E-state index contributed by atoms with van der Waals surface area (Å²) in [5.74, 6) is -0.517. The van der Waals surface area contributed by atoms with Crippen molar-refractivity contribution in [3.63, 3.8) is 0 Å². The van der Waals surface area contributed by atoms with Crippen molar-refractivity contribution in [3.8, 4) is 11.1 Å². The summed E-state index contributed by atoms with van der Waals surface area (Å²) in [4.78, 5) is 27.2. The van der Waals surface area contributed by atoms with Crippen LogP contribution >= 0.6 is 0 Å². The number of nitrogens with zero attached hydrogens (tertiary/aromatic N) is 1. The van der Waals surface area contributed by atoms with Crippen molar-refractivity contribution >= 4 is 29.0 Å².